The average Bonchev–Trinajstić information content (AvgIpc) is 2.79. The first kappa shape index (κ1) is 21.8. The van der Waals surface area contributed by atoms with E-state index in [1.165, 1.54) is 6.92 Å². The SMILES string of the molecule is CC(=O)Oc1ccc(OCc2ccccc2C(=O)Nc2ccc3nc(C)cc(N)c3c2)cc1. The van der Waals surface area contributed by atoms with Gasteiger partial charge in [-0.2, -0.15) is 0 Å². The number of aryl methyl sites for hydroxylation is 1. The van der Waals surface area contributed by atoms with Crippen LogP contribution in [-0.4, -0.2) is 16.9 Å². The topological polar surface area (TPSA) is 104 Å². The number of hydrogen-bond donors (Lipinski definition) is 2. The number of hydrogen-bond acceptors (Lipinski definition) is 6. The largest absolute Gasteiger partial charge is 0.489 e. The number of carbonyl (C=O) groups is 2. The van der Waals surface area contributed by atoms with E-state index < -0.39 is 0 Å². The zero-order valence-corrected chi connectivity index (χ0v) is 18.3. The van der Waals surface area contributed by atoms with Crippen molar-refractivity contribution in [3.05, 3.63) is 89.6 Å². The number of aromatic nitrogens is 1. The van der Waals surface area contributed by atoms with Gasteiger partial charge in [0.15, 0.2) is 0 Å². The van der Waals surface area contributed by atoms with Crippen molar-refractivity contribution in [2.45, 2.75) is 20.5 Å². The van der Waals surface area contributed by atoms with Crippen LogP contribution in [0, 0.1) is 6.92 Å². The minimum Gasteiger partial charge on any atom is -0.489 e. The molecule has 1 aromatic heterocycles. The molecule has 0 fully saturated rings. The number of fused-ring (bicyclic) bond motifs is 1. The maximum Gasteiger partial charge on any atom is 0.308 e. The van der Waals surface area contributed by atoms with Gasteiger partial charge >= 0.3 is 5.97 Å². The highest BCUT2D eigenvalue weighted by molar-refractivity contribution is 6.06. The molecule has 0 aliphatic carbocycles. The minimum absolute atomic E-state index is 0.199. The predicted octanol–water partition coefficient (Wildman–Crippen LogP) is 4.88. The minimum atomic E-state index is -0.385. The fourth-order valence-electron chi connectivity index (χ4n) is 3.46. The molecular formula is C26H23N3O4. The number of nitrogen functional groups attached to an aromatic ring is 1. The highest BCUT2D eigenvalue weighted by atomic mass is 16.5. The van der Waals surface area contributed by atoms with E-state index in [0.29, 0.717) is 28.4 Å². The quantitative estimate of drug-likeness (QED) is 0.326. The molecule has 0 saturated heterocycles. The highest BCUT2D eigenvalue weighted by Crippen LogP contribution is 2.25. The molecule has 7 nitrogen and oxygen atoms in total. The van der Waals surface area contributed by atoms with Crippen molar-refractivity contribution in [2.24, 2.45) is 0 Å². The fourth-order valence-corrected chi connectivity index (χ4v) is 3.46. The summed E-state index contributed by atoms with van der Waals surface area (Å²) in [6, 6.07) is 21.2. The van der Waals surface area contributed by atoms with Gasteiger partial charge in [-0.1, -0.05) is 18.2 Å². The van der Waals surface area contributed by atoms with Crippen molar-refractivity contribution in [1.29, 1.82) is 0 Å². The van der Waals surface area contributed by atoms with Crippen LogP contribution < -0.4 is 20.5 Å². The molecule has 4 rings (SSSR count). The van der Waals surface area contributed by atoms with Gasteiger partial charge in [-0.3, -0.25) is 14.6 Å². The Kier molecular flexibility index (Phi) is 6.22. The number of nitrogens with one attached hydrogen (secondary N) is 1. The second-order valence-corrected chi connectivity index (χ2v) is 7.55. The van der Waals surface area contributed by atoms with E-state index in [2.05, 4.69) is 10.3 Å². The third kappa shape index (κ3) is 5.27. The van der Waals surface area contributed by atoms with Gasteiger partial charge in [-0.15, -0.1) is 0 Å². The number of rotatable bonds is 6. The van der Waals surface area contributed by atoms with Crippen molar-refractivity contribution in [3.8, 4) is 11.5 Å². The number of nitrogens with two attached hydrogens (primary N) is 1. The molecule has 0 radical (unpaired) electrons. The van der Waals surface area contributed by atoms with Gasteiger partial charge < -0.3 is 20.5 Å². The zero-order chi connectivity index (χ0) is 23.4. The van der Waals surface area contributed by atoms with E-state index in [-0.39, 0.29) is 18.5 Å². The molecule has 3 aromatic carbocycles. The lowest BCUT2D eigenvalue weighted by Gasteiger charge is -2.13. The Balaban J connectivity index is 1.48. The van der Waals surface area contributed by atoms with E-state index >= 15 is 0 Å². The highest BCUT2D eigenvalue weighted by Gasteiger charge is 2.13. The van der Waals surface area contributed by atoms with Crippen LogP contribution in [-0.2, 0) is 11.4 Å². The Hall–Kier alpha value is -4.39. The fraction of sp³-hybridized carbons (Fsp3) is 0.115. The zero-order valence-electron chi connectivity index (χ0n) is 18.3. The molecule has 0 aliphatic heterocycles. The second-order valence-electron chi connectivity index (χ2n) is 7.55. The van der Waals surface area contributed by atoms with Gasteiger partial charge in [-0.25, -0.2) is 0 Å². The van der Waals surface area contributed by atoms with E-state index in [4.69, 9.17) is 15.2 Å². The molecule has 4 aromatic rings. The average molecular weight is 441 g/mol. The van der Waals surface area contributed by atoms with Crippen molar-refractivity contribution < 1.29 is 19.1 Å². The number of pyridine rings is 1. The summed E-state index contributed by atoms with van der Waals surface area (Å²) >= 11 is 0. The Morgan fingerprint density at radius 2 is 1.70 bits per heavy atom. The van der Waals surface area contributed by atoms with E-state index in [9.17, 15) is 9.59 Å². The van der Waals surface area contributed by atoms with Crippen molar-refractivity contribution in [3.63, 3.8) is 0 Å². The molecule has 0 unspecified atom stereocenters. The standard InChI is InChI=1S/C26H23N3O4/c1-16-13-24(27)23-14-19(7-12-25(23)28-16)29-26(31)22-6-4-3-5-18(22)15-32-20-8-10-21(11-9-20)33-17(2)30/h3-14H,15H2,1-2H3,(H2,27,28)(H,29,31). The van der Waals surface area contributed by atoms with Crippen LogP contribution in [0.4, 0.5) is 11.4 Å². The molecule has 1 amide bonds. The number of amides is 1. The monoisotopic (exact) mass is 441 g/mol. The normalized spacial score (nSPS) is 10.6. The van der Waals surface area contributed by atoms with Gasteiger partial charge in [-0.05, 0) is 61.5 Å². The van der Waals surface area contributed by atoms with Crippen LogP contribution in [0.2, 0.25) is 0 Å². The van der Waals surface area contributed by atoms with E-state index in [1.807, 2.05) is 31.2 Å². The first-order valence-corrected chi connectivity index (χ1v) is 10.4. The number of carbonyl (C=O) groups excluding carboxylic acids is 2. The first-order valence-electron chi connectivity index (χ1n) is 10.4. The van der Waals surface area contributed by atoms with E-state index in [0.717, 1.165) is 22.2 Å². The summed E-state index contributed by atoms with van der Waals surface area (Å²) in [7, 11) is 0. The Morgan fingerprint density at radius 3 is 2.45 bits per heavy atom. The maximum atomic E-state index is 13.0. The van der Waals surface area contributed by atoms with Gasteiger partial charge in [0.25, 0.3) is 5.91 Å². The third-order valence-electron chi connectivity index (χ3n) is 4.97. The summed E-state index contributed by atoms with van der Waals surface area (Å²) in [5.41, 5.74) is 10.2. The molecule has 0 spiro atoms. The van der Waals surface area contributed by atoms with Crippen LogP contribution >= 0.6 is 0 Å². The summed E-state index contributed by atoms with van der Waals surface area (Å²) in [4.78, 5) is 28.5. The Morgan fingerprint density at radius 1 is 0.970 bits per heavy atom. The smallest absolute Gasteiger partial charge is 0.308 e. The molecule has 0 aliphatic rings. The van der Waals surface area contributed by atoms with Crippen LogP contribution in [0.3, 0.4) is 0 Å². The van der Waals surface area contributed by atoms with Crippen LogP contribution in [0.1, 0.15) is 28.5 Å². The molecule has 0 bridgehead atoms. The number of benzene rings is 3. The molecular weight excluding hydrogens is 418 g/mol. The lowest BCUT2D eigenvalue weighted by molar-refractivity contribution is -0.131. The molecule has 33 heavy (non-hydrogen) atoms. The summed E-state index contributed by atoms with van der Waals surface area (Å²) in [6.07, 6.45) is 0. The van der Waals surface area contributed by atoms with Crippen LogP contribution in [0.15, 0.2) is 72.8 Å². The lowest BCUT2D eigenvalue weighted by atomic mass is 10.1. The maximum absolute atomic E-state index is 13.0. The van der Waals surface area contributed by atoms with Gasteiger partial charge in [0.05, 0.1) is 5.52 Å². The second kappa shape index (κ2) is 9.40. The molecule has 3 N–H and O–H groups in total. The molecule has 7 heteroatoms. The van der Waals surface area contributed by atoms with Crippen molar-refractivity contribution >= 4 is 34.2 Å². The molecule has 1 heterocycles. The van der Waals surface area contributed by atoms with Crippen molar-refractivity contribution in [1.82, 2.24) is 4.98 Å². The summed E-state index contributed by atoms with van der Waals surface area (Å²) < 4.78 is 10.9. The molecule has 0 saturated carbocycles. The van der Waals surface area contributed by atoms with Gasteiger partial charge in [0.2, 0.25) is 0 Å². The predicted molar refractivity (Wildman–Crippen MR) is 127 cm³/mol. The lowest BCUT2D eigenvalue weighted by Crippen LogP contribution is -2.15. The Bertz CT molecular complexity index is 1330. The number of ether oxygens (including phenoxy) is 2. The van der Waals surface area contributed by atoms with Crippen LogP contribution in [0.25, 0.3) is 10.9 Å². The molecule has 166 valence electrons. The summed E-state index contributed by atoms with van der Waals surface area (Å²) in [5, 5.41) is 3.71. The molecule has 0 atom stereocenters. The summed E-state index contributed by atoms with van der Waals surface area (Å²) in [5.74, 6) is 0.395. The number of anilines is 2. The number of esters is 1. The van der Waals surface area contributed by atoms with Crippen molar-refractivity contribution in [2.75, 3.05) is 11.1 Å². The van der Waals surface area contributed by atoms with Gasteiger partial charge in [0.1, 0.15) is 18.1 Å². The summed E-state index contributed by atoms with van der Waals surface area (Å²) in [6.45, 7) is 3.43. The Labute approximate surface area is 191 Å². The van der Waals surface area contributed by atoms with Gasteiger partial charge in [0, 0.05) is 40.5 Å². The van der Waals surface area contributed by atoms with Crippen LogP contribution in [0.5, 0.6) is 11.5 Å². The van der Waals surface area contributed by atoms with E-state index in [1.54, 1.807) is 48.5 Å². The number of nitrogens with zero attached hydrogens (tertiary/aromatic N) is 1. The third-order valence-corrected chi connectivity index (χ3v) is 4.97. The first-order chi connectivity index (χ1) is 15.9.